The third-order valence-electron chi connectivity index (χ3n) is 1.92. The summed E-state index contributed by atoms with van der Waals surface area (Å²) in [7, 11) is 0. The summed E-state index contributed by atoms with van der Waals surface area (Å²) < 4.78 is 6.27. The fourth-order valence-electron chi connectivity index (χ4n) is 1.30. The molecule has 0 spiro atoms. The molecule has 0 saturated heterocycles. The second-order valence-corrected chi connectivity index (χ2v) is 3.69. The van der Waals surface area contributed by atoms with E-state index in [1.54, 1.807) is 6.26 Å². The molecule has 0 saturated carbocycles. The fourth-order valence-corrected chi connectivity index (χ4v) is 1.66. The molecule has 0 aliphatic carbocycles. The summed E-state index contributed by atoms with van der Waals surface area (Å²) in [6.07, 6.45) is 2.92. The molecule has 66 valence electrons. The average Bonchev–Trinajstić information content (AvgIpc) is 2.49. The third kappa shape index (κ3) is 1.52. The first-order valence-corrected chi connectivity index (χ1v) is 4.70. The Morgan fingerprint density at radius 2 is 2.31 bits per heavy atom. The highest BCUT2D eigenvalue weighted by molar-refractivity contribution is 9.10. The van der Waals surface area contributed by atoms with Gasteiger partial charge >= 0.3 is 0 Å². The van der Waals surface area contributed by atoms with Crippen LogP contribution in [0.3, 0.4) is 0 Å². The van der Waals surface area contributed by atoms with Crippen molar-refractivity contribution in [2.24, 2.45) is 0 Å². The monoisotopic (exact) mass is 238 g/mol. The predicted molar refractivity (Wildman–Crippen MR) is 53.7 cm³/mol. The van der Waals surface area contributed by atoms with E-state index in [0.29, 0.717) is 6.42 Å². The average molecular weight is 239 g/mol. The summed E-state index contributed by atoms with van der Waals surface area (Å²) in [6, 6.07) is 5.75. The van der Waals surface area contributed by atoms with Gasteiger partial charge in [-0.05, 0) is 18.2 Å². The quantitative estimate of drug-likeness (QED) is 0.754. The first-order valence-electron chi connectivity index (χ1n) is 3.90. The maximum absolute atomic E-state index is 10.3. The van der Waals surface area contributed by atoms with Crippen LogP contribution in [0.25, 0.3) is 11.0 Å². The van der Waals surface area contributed by atoms with Crippen LogP contribution in [-0.4, -0.2) is 6.29 Å². The summed E-state index contributed by atoms with van der Waals surface area (Å²) in [4.78, 5) is 10.3. The van der Waals surface area contributed by atoms with Gasteiger partial charge in [0.25, 0.3) is 0 Å². The molecular formula is C10H7BrO2. The zero-order valence-electron chi connectivity index (χ0n) is 6.79. The van der Waals surface area contributed by atoms with Crippen molar-refractivity contribution in [2.75, 3.05) is 0 Å². The van der Waals surface area contributed by atoms with Crippen molar-refractivity contribution in [2.45, 2.75) is 6.42 Å². The van der Waals surface area contributed by atoms with Crippen LogP contribution in [0.5, 0.6) is 0 Å². The van der Waals surface area contributed by atoms with Crippen molar-refractivity contribution in [3.05, 3.63) is 34.5 Å². The zero-order chi connectivity index (χ0) is 9.26. The van der Waals surface area contributed by atoms with Gasteiger partial charge in [0.05, 0.1) is 6.26 Å². The van der Waals surface area contributed by atoms with E-state index >= 15 is 0 Å². The Morgan fingerprint density at radius 1 is 1.46 bits per heavy atom. The van der Waals surface area contributed by atoms with Crippen LogP contribution in [-0.2, 0) is 11.2 Å². The molecule has 0 unspecified atom stereocenters. The second-order valence-electron chi connectivity index (χ2n) is 2.77. The van der Waals surface area contributed by atoms with E-state index in [4.69, 9.17) is 4.42 Å². The number of benzene rings is 1. The van der Waals surface area contributed by atoms with E-state index in [1.165, 1.54) is 0 Å². The third-order valence-corrected chi connectivity index (χ3v) is 2.41. The molecule has 2 rings (SSSR count). The van der Waals surface area contributed by atoms with Gasteiger partial charge in [0, 0.05) is 21.8 Å². The van der Waals surface area contributed by atoms with Gasteiger partial charge in [-0.25, -0.2) is 0 Å². The Morgan fingerprint density at radius 3 is 3.08 bits per heavy atom. The maximum Gasteiger partial charge on any atom is 0.134 e. The van der Waals surface area contributed by atoms with Gasteiger partial charge in [-0.15, -0.1) is 0 Å². The fraction of sp³-hybridized carbons (Fsp3) is 0.100. The molecule has 3 heteroatoms. The first-order chi connectivity index (χ1) is 6.31. The highest BCUT2D eigenvalue weighted by Gasteiger charge is 2.04. The smallest absolute Gasteiger partial charge is 0.134 e. The summed E-state index contributed by atoms with van der Waals surface area (Å²) >= 11 is 3.37. The van der Waals surface area contributed by atoms with Crippen molar-refractivity contribution >= 4 is 33.2 Å². The second kappa shape index (κ2) is 3.34. The highest BCUT2D eigenvalue weighted by Crippen LogP contribution is 2.24. The molecule has 0 N–H and O–H groups in total. The molecule has 0 aliphatic rings. The van der Waals surface area contributed by atoms with E-state index in [1.807, 2.05) is 18.2 Å². The van der Waals surface area contributed by atoms with Crippen molar-refractivity contribution in [1.29, 1.82) is 0 Å². The number of rotatable bonds is 2. The molecule has 0 atom stereocenters. The van der Waals surface area contributed by atoms with E-state index in [9.17, 15) is 4.79 Å². The molecular weight excluding hydrogens is 232 g/mol. The standard InChI is InChI=1S/C10H7BrO2/c11-8-1-2-10-9(5-8)7(3-4-12)6-13-10/h1-2,4-6H,3H2. The number of furan rings is 1. The van der Waals surface area contributed by atoms with Gasteiger partial charge in [0.1, 0.15) is 11.9 Å². The minimum Gasteiger partial charge on any atom is -0.464 e. The van der Waals surface area contributed by atoms with Crippen LogP contribution in [0.15, 0.2) is 33.4 Å². The minimum absolute atomic E-state index is 0.406. The van der Waals surface area contributed by atoms with Gasteiger partial charge < -0.3 is 9.21 Å². The predicted octanol–water partition coefficient (Wildman–Crippen LogP) is 2.94. The van der Waals surface area contributed by atoms with Crippen molar-refractivity contribution < 1.29 is 9.21 Å². The first kappa shape index (κ1) is 8.51. The number of halogens is 1. The summed E-state index contributed by atoms with van der Waals surface area (Å²) in [5, 5.41) is 1.00. The van der Waals surface area contributed by atoms with Crippen LogP contribution in [0.2, 0.25) is 0 Å². The molecule has 1 aromatic carbocycles. The molecule has 1 heterocycles. The SMILES string of the molecule is O=CCc1coc2ccc(Br)cc12. The number of hydrogen-bond donors (Lipinski definition) is 0. The van der Waals surface area contributed by atoms with Crippen LogP contribution >= 0.6 is 15.9 Å². The molecule has 1 aromatic heterocycles. The Hall–Kier alpha value is -1.09. The molecule has 13 heavy (non-hydrogen) atoms. The van der Waals surface area contributed by atoms with Gasteiger partial charge in [0.15, 0.2) is 0 Å². The lowest BCUT2D eigenvalue weighted by atomic mass is 10.1. The van der Waals surface area contributed by atoms with Crippen LogP contribution in [0, 0.1) is 0 Å². The molecule has 0 bridgehead atoms. The van der Waals surface area contributed by atoms with E-state index < -0.39 is 0 Å². The molecule has 2 nitrogen and oxygen atoms in total. The lowest BCUT2D eigenvalue weighted by molar-refractivity contribution is -0.107. The van der Waals surface area contributed by atoms with Gasteiger partial charge in [-0.2, -0.15) is 0 Å². The number of hydrogen-bond acceptors (Lipinski definition) is 2. The number of fused-ring (bicyclic) bond motifs is 1. The van der Waals surface area contributed by atoms with Gasteiger partial charge in [0.2, 0.25) is 0 Å². The van der Waals surface area contributed by atoms with E-state index in [2.05, 4.69) is 15.9 Å². The molecule has 2 aromatic rings. The Balaban J connectivity index is 2.64. The highest BCUT2D eigenvalue weighted by atomic mass is 79.9. The number of aldehydes is 1. The topological polar surface area (TPSA) is 30.2 Å². The molecule has 0 radical (unpaired) electrons. The zero-order valence-corrected chi connectivity index (χ0v) is 8.37. The van der Waals surface area contributed by atoms with Gasteiger partial charge in [-0.3, -0.25) is 0 Å². The van der Waals surface area contributed by atoms with Crippen molar-refractivity contribution in [1.82, 2.24) is 0 Å². The van der Waals surface area contributed by atoms with E-state index in [-0.39, 0.29) is 0 Å². The normalized spacial score (nSPS) is 10.5. The molecule has 0 fully saturated rings. The largest absolute Gasteiger partial charge is 0.464 e. The Kier molecular flexibility index (Phi) is 2.19. The summed E-state index contributed by atoms with van der Waals surface area (Å²) in [5.41, 5.74) is 1.76. The van der Waals surface area contributed by atoms with Gasteiger partial charge in [-0.1, -0.05) is 15.9 Å². The lowest BCUT2D eigenvalue weighted by Crippen LogP contribution is -1.81. The number of carbonyl (C=O) groups excluding carboxylic acids is 1. The van der Waals surface area contributed by atoms with Crippen molar-refractivity contribution in [3.8, 4) is 0 Å². The van der Waals surface area contributed by atoms with E-state index in [0.717, 1.165) is 27.3 Å². The summed E-state index contributed by atoms with van der Waals surface area (Å²) in [5.74, 6) is 0. The lowest BCUT2D eigenvalue weighted by Gasteiger charge is -1.91. The Labute approximate surface area is 83.7 Å². The Bertz CT molecular complexity index is 445. The van der Waals surface area contributed by atoms with Crippen LogP contribution < -0.4 is 0 Å². The van der Waals surface area contributed by atoms with Crippen LogP contribution in [0.4, 0.5) is 0 Å². The summed E-state index contributed by atoms with van der Waals surface area (Å²) in [6.45, 7) is 0. The number of carbonyl (C=O) groups is 1. The van der Waals surface area contributed by atoms with Crippen molar-refractivity contribution in [3.63, 3.8) is 0 Å². The van der Waals surface area contributed by atoms with Crippen LogP contribution in [0.1, 0.15) is 5.56 Å². The maximum atomic E-state index is 10.3. The molecule has 0 amide bonds. The molecule has 0 aliphatic heterocycles. The minimum atomic E-state index is 0.406.